The van der Waals surface area contributed by atoms with Crippen LogP contribution in [-0.4, -0.2) is 22.8 Å². The molecule has 0 unspecified atom stereocenters. The minimum atomic E-state index is -1.12. The highest BCUT2D eigenvalue weighted by Gasteiger charge is 2.22. The van der Waals surface area contributed by atoms with Crippen molar-refractivity contribution in [3.8, 4) is 0 Å². The molecule has 2 aromatic rings. The summed E-state index contributed by atoms with van der Waals surface area (Å²) in [6, 6.07) is 6.96. The van der Waals surface area contributed by atoms with Gasteiger partial charge in [-0.2, -0.15) is 4.39 Å². The number of halogens is 3. The molecule has 7 nitrogen and oxygen atoms in total. The van der Waals surface area contributed by atoms with E-state index in [-0.39, 0.29) is 17.5 Å². The van der Waals surface area contributed by atoms with Crippen LogP contribution in [0.15, 0.2) is 45.3 Å². The number of benzene rings is 2. The fourth-order valence-corrected chi connectivity index (χ4v) is 3.50. The maximum absolute atomic E-state index is 13.4. The molecule has 0 aliphatic heterocycles. The Labute approximate surface area is 164 Å². The second-order valence-electron chi connectivity index (χ2n) is 5.33. The number of rotatable bonds is 6. The lowest BCUT2D eigenvalue weighted by Gasteiger charge is -2.16. The van der Waals surface area contributed by atoms with E-state index >= 15 is 0 Å². The number of nitrogens with one attached hydrogen (secondary N) is 1. The molecule has 0 bridgehead atoms. The molecule has 3 N–H and O–H groups in total. The number of carbonyl (C=O) groups excluding carboxylic acids is 2. The van der Waals surface area contributed by atoms with E-state index in [1.165, 1.54) is 6.07 Å². The topological polar surface area (TPSA) is 115 Å². The monoisotopic (exact) mass is 487 g/mol. The summed E-state index contributed by atoms with van der Waals surface area (Å²) < 4.78 is 14.7. The Morgan fingerprint density at radius 1 is 1.19 bits per heavy atom. The lowest BCUT2D eigenvalue weighted by Crippen LogP contribution is -2.45. The fourth-order valence-electron chi connectivity index (χ4n) is 2.21. The van der Waals surface area contributed by atoms with Crippen molar-refractivity contribution in [2.45, 2.75) is 12.5 Å². The minimum absolute atomic E-state index is 0.114. The number of nitro benzene ring substituents is 1. The van der Waals surface area contributed by atoms with Crippen molar-refractivity contribution in [1.29, 1.82) is 0 Å². The molecule has 0 radical (unpaired) electrons. The number of primary amides is 1. The van der Waals surface area contributed by atoms with E-state index in [0.717, 1.165) is 12.1 Å². The molecule has 2 aromatic carbocycles. The Balaban J connectivity index is 2.22. The minimum Gasteiger partial charge on any atom is -0.368 e. The molecular formula is C16H12Br2FN3O4. The smallest absolute Gasteiger partial charge is 0.305 e. The van der Waals surface area contributed by atoms with Crippen molar-refractivity contribution >= 4 is 49.4 Å². The van der Waals surface area contributed by atoms with Gasteiger partial charge in [0.25, 0.3) is 5.91 Å². The largest absolute Gasteiger partial charge is 0.368 e. The highest BCUT2D eigenvalue weighted by atomic mass is 79.9. The van der Waals surface area contributed by atoms with Gasteiger partial charge in [0.15, 0.2) is 0 Å². The third-order valence-corrected chi connectivity index (χ3v) is 4.34. The first-order valence-corrected chi connectivity index (χ1v) is 8.75. The SMILES string of the molecule is NC(=O)[C@H](Cc1ccc(F)c([N+](=O)[O-])c1)NC(=O)c1cc(Br)cc(Br)c1. The van der Waals surface area contributed by atoms with Crippen LogP contribution in [0.4, 0.5) is 10.1 Å². The predicted octanol–water partition coefficient (Wildman–Crippen LogP) is 3.09. The molecule has 0 spiro atoms. The maximum Gasteiger partial charge on any atom is 0.305 e. The molecule has 0 aliphatic carbocycles. The summed E-state index contributed by atoms with van der Waals surface area (Å²) in [6.45, 7) is 0. The number of amides is 2. The van der Waals surface area contributed by atoms with Crippen molar-refractivity contribution in [1.82, 2.24) is 5.32 Å². The van der Waals surface area contributed by atoms with Gasteiger partial charge in [-0.3, -0.25) is 19.7 Å². The van der Waals surface area contributed by atoms with E-state index in [4.69, 9.17) is 5.73 Å². The van der Waals surface area contributed by atoms with E-state index in [2.05, 4.69) is 37.2 Å². The molecule has 2 rings (SSSR count). The molecule has 2 amide bonds. The third-order valence-electron chi connectivity index (χ3n) is 3.42. The maximum atomic E-state index is 13.4. The third kappa shape index (κ3) is 5.09. The lowest BCUT2D eigenvalue weighted by atomic mass is 10.0. The van der Waals surface area contributed by atoms with Crippen LogP contribution in [0.1, 0.15) is 15.9 Å². The molecule has 0 saturated carbocycles. The molecule has 1 atom stereocenters. The van der Waals surface area contributed by atoms with Gasteiger partial charge in [-0.15, -0.1) is 0 Å². The molecule has 26 heavy (non-hydrogen) atoms. The summed E-state index contributed by atoms with van der Waals surface area (Å²) in [6.07, 6.45) is -0.114. The van der Waals surface area contributed by atoms with Crippen molar-refractivity contribution in [2.24, 2.45) is 5.73 Å². The van der Waals surface area contributed by atoms with Gasteiger partial charge < -0.3 is 11.1 Å². The molecule has 0 fully saturated rings. The van der Waals surface area contributed by atoms with E-state index < -0.39 is 34.3 Å². The average molecular weight is 489 g/mol. The van der Waals surface area contributed by atoms with Gasteiger partial charge >= 0.3 is 5.69 Å². The van der Waals surface area contributed by atoms with Crippen LogP contribution in [0.25, 0.3) is 0 Å². The molecular weight excluding hydrogens is 477 g/mol. The first-order valence-electron chi connectivity index (χ1n) is 7.16. The average Bonchev–Trinajstić information content (AvgIpc) is 2.54. The van der Waals surface area contributed by atoms with Crippen molar-refractivity contribution in [2.75, 3.05) is 0 Å². The van der Waals surface area contributed by atoms with Crippen LogP contribution in [0.2, 0.25) is 0 Å². The van der Waals surface area contributed by atoms with Gasteiger partial charge in [0.2, 0.25) is 11.7 Å². The van der Waals surface area contributed by atoms with Crippen LogP contribution >= 0.6 is 31.9 Å². The molecule has 10 heteroatoms. The standard InChI is InChI=1S/C16H12Br2FN3O4/c17-10-5-9(6-11(18)7-10)16(24)21-13(15(20)23)3-8-1-2-12(19)14(4-8)22(25)26/h1-2,4-7,13H,3H2,(H2,20,23)(H,21,24)/t13-/m0/s1. The number of nitrogens with two attached hydrogens (primary N) is 1. The summed E-state index contributed by atoms with van der Waals surface area (Å²) in [5.74, 6) is -2.36. The normalized spacial score (nSPS) is 11.7. The summed E-state index contributed by atoms with van der Waals surface area (Å²) in [7, 11) is 0. The first-order chi connectivity index (χ1) is 12.2. The van der Waals surface area contributed by atoms with Crippen molar-refractivity contribution in [3.05, 3.63) is 72.4 Å². The van der Waals surface area contributed by atoms with Gasteiger partial charge in [0.05, 0.1) is 4.92 Å². The highest BCUT2D eigenvalue weighted by molar-refractivity contribution is 9.11. The van der Waals surface area contributed by atoms with Crippen LogP contribution < -0.4 is 11.1 Å². The summed E-state index contributed by atoms with van der Waals surface area (Å²) in [4.78, 5) is 34.0. The second kappa shape index (κ2) is 8.37. The van der Waals surface area contributed by atoms with Crippen LogP contribution in [0, 0.1) is 15.9 Å². The van der Waals surface area contributed by atoms with E-state index in [0.29, 0.717) is 8.95 Å². The zero-order chi connectivity index (χ0) is 19.4. The van der Waals surface area contributed by atoms with E-state index in [1.54, 1.807) is 18.2 Å². The molecule has 0 heterocycles. The lowest BCUT2D eigenvalue weighted by molar-refractivity contribution is -0.387. The van der Waals surface area contributed by atoms with Crippen molar-refractivity contribution < 1.29 is 18.9 Å². The number of hydrogen-bond acceptors (Lipinski definition) is 4. The highest BCUT2D eigenvalue weighted by Crippen LogP contribution is 2.21. The van der Waals surface area contributed by atoms with Gasteiger partial charge in [-0.25, -0.2) is 0 Å². The zero-order valence-electron chi connectivity index (χ0n) is 13.0. The number of nitrogens with zero attached hydrogens (tertiary/aromatic N) is 1. The van der Waals surface area contributed by atoms with Crippen LogP contribution in [0.5, 0.6) is 0 Å². The second-order valence-corrected chi connectivity index (χ2v) is 7.16. The van der Waals surface area contributed by atoms with Crippen LogP contribution in [-0.2, 0) is 11.2 Å². The fraction of sp³-hybridized carbons (Fsp3) is 0.125. The predicted molar refractivity (Wildman–Crippen MR) is 99.0 cm³/mol. The van der Waals surface area contributed by atoms with E-state index in [1.807, 2.05) is 0 Å². The Morgan fingerprint density at radius 3 is 2.35 bits per heavy atom. The zero-order valence-corrected chi connectivity index (χ0v) is 16.2. The summed E-state index contributed by atoms with van der Waals surface area (Å²) >= 11 is 6.52. The van der Waals surface area contributed by atoms with E-state index in [9.17, 15) is 24.1 Å². The van der Waals surface area contributed by atoms with Crippen molar-refractivity contribution in [3.63, 3.8) is 0 Å². The van der Waals surface area contributed by atoms with Gasteiger partial charge in [-0.05, 0) is 29.8 Å². The summed E-state index contributed by atoms with van der Waals surface area (Å²) in [5.41, 5.74) is 5.17. The Kier molecular flexibility index (Phi) is 6.43. The number of hydrogen-bond donors (Lipinski definition) is 2. The number of nitro groups is 1. The number of carbonyl (C=O) groups is 2. The van der Waals surface area contributed by atoms with Crippen LogP contribution in [0.3, 0.4) is 0 Å². The Hall–Kier alpha value is -2.33. The Morgan fingerprint density at radius 2 is 1.81 bits per heavy atom. The van der Waals surface area contributed by atoms with Gasteiger partial charge in [0, 0.05) is 27.0 Å². The Bertz CT molecular complexity index is 872. The molecule has 136 valence electrons. The van der Waals surface area contributed by atoms with Gasteiger partial charge in [0.1, 0.15) is 6.04 Å². The van der Waals surface area contributed by atoms with Gasteiger partial charge in [-0.1, -0.05) is 37.9 Å². The quantitative estimate of drug-likeness (QED) is 0.480. The summed E-state index contributed by atoms with van der Waals surface area (Å²) in [5, 5.41) is 13.3. The molecule has 0 saturated heterocycles. The first kappa shape index (κ1) is 20.0. The molecule has 0 aliphatic rings. The molecule has 0 aromatic heterocycles.